The molecule has 0 radical (unpaired) electrons. The summed E-state index contributed by atoms with van der Waals surface area (Å²) >= 11 is 0. The Labute approximate surface area is 75.1 Å². The molecule has 0 unspecified atom stereocenters. The van der Waals surface area contributed by atoms with E-state index >= 15 is 0 Å². The van der Waals surface area contributed by atoms with Gasteiger partial charge >= 0.3 is 11.7 Å². The molecule has 0 fully saturated rings. The Morgan fingerprint density at radius 2 is 2.38 bits per heavy atom. The molecule has 0 amide bonds. The first-order valence-corrected chi connectivity index (χ1v) is 4.19. The highest BCUT2D eigenvalue weighted by molar-refractivity contribution is 5.86. The lowest BCUT2D eigenvalue weighted by molar-refractivity contribution is 0.0493. The number of rotatable bonds is 4. The molecule has 0 aromatic carbocycles. The van der Waals surface area contributed by atoms with Crippen LogP contribution in [0.15, 0.2) is 11.0 Å². The molecule has 0 bridgehead atoms. The molecule has 1 aromatic rings. The van der Waals surface area contributed by atoms with E-state index in [1.807, 2.05) is 6.92 Å². The van der Waals surface area contributed by atoms with Crippen molar-refractivity contribution in [2.24, 2.45) is 0 Å². The number of aromatic amines is 2. The fourth-order valence-corrected chi connectivity index (χ4v) is 0.829. The van der Waals surface area contributed by atoms with Gasteiger partial charge in [-0.3, -0.25) is 0 Å². The van der Waals surface area contributed by atoms with Crippen LogP contribution in [0.25, 0.3) is 0 Å². The number of esters is 1. The van der Waals surface area contributed by atoms with Crippen LogP contribution < -0.4 is 5.69 Å². The van der Waals surface area contributed by atoms with E-state index in [4.69, 9.17) is 4.74 Å². The standard InChI is InChI=1S/C8H12N2O3/c1-2-3-4-13-7(11)6-5-9-8(12)10-6/h5H,2-4H2,1H3,(H2,9,10,12). The van der Waals surface area contributed by atoms with Gasteiger partial charge < -0.3 is 14.7 Å². The Balaban J connectivity index is 2.44. The normalized spacial score (nSPS) is 9.92. The van der Waals surface area contributed by atoms with Gasteiger partial charge in [-0.15, -0.1) is 0 Å². The third-order valence-corrected chi connectivity index (χ3v) is 1.55. The molecule has 0 spiro atoms. The molecule has 1 heterocycles. The first-order valence-electron chi connectivity index (χ1n) is 4.19. The van der Waals surface area contributed by atoms with Gasteiger partial charge in [-0.25, -0.2) is 9.59 Å². The van der Waals surface area contributed by atoms with Gasteiger partial charge in [-0.05, 0) is 6.42 Å². The number of unbranched alkanes of at least 4 members (excludes halogenated alkanes) is 1. The molecule has 0 saturated heterocycles. The Kier molecular flexibility index (Phi) is 3.31. The van der Waals surface area contributed by atoms with Gasteiger partial charge in [0.25, 0.3) is 0 Å². The summed E-state index contributed by atoms with van der Waals surface area (Å²) in [5, 5.41) is 0. The largest absolute Gasteiger partial charge is 0.461 e. The molecular weight excluding hydrogens is 172 g/mol. The lowest BCUT2D eigenvalue weighted by Crippen LogP contribution is -2.09. The molecule has 0 aliphatic rings. The topological polar surface area (TPSA) is 75.0 Å². The summed E-state index contributed by atoms with van der Waals surface area (Å²) in [5.74, 6) is -0.494. The van der Waals surface area contributed by atoms with Gasteiger partial charge in [0.1, 0.15) is 5.69 Å². The van der Waals surface area contributed by atoms with Gasteiger partial charge in [0, 0.05) is 6.20 Å². The van der Waals surface area contributed by atoms with Crippen molar-refractivity contribution in [1.82, 2.24) is 9.97 Å². The highest BCUT2D eigenvalue weighted by Gasteiger charge is 2.07. The minimum atomic E-state index is -0.494. The zero-order chi connectivity index (χ0) is 9.68. The van der Waals surface area contributed by atoms with E-state index in [9.17, 15) is 9.59 Å². The van der Waals surface area contributed by atoms with Gasteiger partial charge in [-0.2, -0.15) is 0 Å². The SMILES string of the molecule is CCCCOC(=O)c1c[nH]c(=O)[nH]1. The Morgan fingerprint density at radius 1 is 1.62 bits per heavy atom. The summed E-state index contributed by atoms with van der Waals surface area (Å²) < 4.78 is 4.85. The molecular formula is C8H12N2O3. The van der Waals surface area contributed by atoms with Crippen molar-refractivity contribution in [1.29, 1.82) is 0 Å². The average Bonchev–Trinajstić information content (AvgIpc) is 2.52. The Bertz CT molecular complexity index is 326. The number of hydrogen-bond acceptors (Lipinski definition) is 3. The van der Waals surface area contributed by atoms with Crippen LogP contribution in [0.2, 0.25) is 0 Å². The van der Waals surface area contributed by atoms with E-state index in [0.29, 0.717) is 6.61 Å². The van der Waals surface area contributed by atoms with Crippen LogP contribution in [0, 0.1) is 0 Å². The second kappa shape index (κ2) is 4.49. The molecule has 1 aromatic heterocycles. The zero-order valence-electron chi connectivity index (χ0n) is 7.42. The van der Waals surface area contributed by atoms with Crippen LogP contribution in [0.4, 0.5) is 0 Å². The molecule has 5 heteroatoms. The van der Waals surface area contributed by atoms with Crippen molar-refractivity contribution in [2.45, 2.75) is 19.8 Å². The van der Waals surface area contributed by atoms with Gasteiger partial charge in [0.05, 0.1) is 6.61 Å². The molecule has 72 valence electrons. The molecule has 5 nitrogen and oxygen atoms in total. The van der Waals surface area contributed by atoms with Gasteiger partial charge in [0.2, 0.25) is 0 Å². The molecule has 0 aliphatic heterocycles. The highest BCUT2D eigenvalue weighted by atomic mass is 16.5. The molecule has 1 rings (SSSR count). The minimum Gasteiger partial charge on any atom is -0.461 e. The van der Waals surface area contributed by atoms with Crippen LogP contribution >= 0.6 is 0 Å². The molecule has 2 N–H and O–H groups in total. The number of ether oxygens (including phenoxy) is 1. The molecule has 0 atom stereocenters. The van der Waals surface area contributed by atoms with E-state index in [0.717, 1.165) is 12.8 Å². The number of aromatic nitrogens is 2. The van der Waals surface area contributed by atoms with Gasteiger partial charge in [-0.1, -0.05) is 13.3 Å². The zero-order valence-corrected chi connectivity index (χ0v) is 7.42. The quantitative estimate of drug-likeness (QED) is 0.533. The van der Waals surface area contributed by atoms with Crippen LogP contribution in [-0.4, -0.2) is 22.5 Å². The third kappa shape index (κ3) is 2.77. The van der Waals surface area contributed by atoms with Crippen LogP contribution in [-0.2, 0) is 4.74 Å². The summed E-state index contributed by atoms with van der Waals surface area (Å²) in [6, 6.07) is 0. The lowest BCUT2D eigenvalue weighted by Gasteiger charge is -2.00. The number of imidazole rings is 1. The van der Waals surface area contributed by atoms with Crippen LogP contribution in [0.3, 0.4) is 0 Å². The van der Waals surface area contributed by atoms with E-state index in [1.165, 1.54) is 6.20 Å². The Morgan fingerprint density at radius 3 is 2.92 bits per heavy atom. The monoisotopic (exact) mass is 184 g/mol. The summed E-state index contributed by atoms with van der Waals surface area (Å²) in [5.41, 5.74) is -0.233. The second-order valence-electron chi connectivity index (χ2n) is 2.65. The van der Waals surface area contributed by atoms with Crippen molar-refractivity contribution in [3.05, 3.63) is 22.4 Å². The van der Waals surface area contributed by atoms with Crippen molar-refractivity contribution in [3.63, 3.8) is 0 Å². The molecule has 0 aliphatic carbocycles. The van der Waals surface area contributed by atoms with E-state index < -0.39 is 11.7 Å². The predicted molar refractivity (Wildman–Crippen MR) is 46.6 cm³/mol. The van der Waals surface area contributed by atoms with Crippen LogP contribution in [0.5, 0.6) is 0 Å². The maximum absolute atomic E-state index is 11.1. The lowest BCUT2D eigenvalue weighted by atomic mass is 10.4. The molecule has 0 saturated carbocycles. The van der Waals surface area contributed by atoms with Crippen molar-refractivity contribution >= 4 is 5.97 Å². The number of hydrogen-bond donors (Lipinski definition) is 2. The maximum atomic E-state index is 11.1. The average molecular weight is 184 g/mol. The first kappa shape index (κ1) is 9.57. The van der Waals surface area contributed by atoms with Crippen molar-refractivity contribution < 1.29 is 9.53 Å². The Hall–Kier alpha value is -1.52. The summed E-state index contributed by atoms with van der Waals surface area (Å²) in [4.78, 5) is 26.4. The smallest absolute Gasteiger partial charge is 0.356 e. The summed E-state index contributed by atoms with van der Waals surface area (Å²) in [6.07, 6.45) is 3.11. The predicted octanol–water partition coefficient (Wildman–Crippen LogP) is 0.660. The van der Waals surface area contributed by atoms with Crippen molar-refractivity contribution in [2.75, 3.05) is 6.61 Å². The fraction of sp³-hybridized carbons (Fsp3) is 0.500. The molecule has 13 heavy (non-hydrogen) atoms. The summed E-state index contributed by atoms with van der Waals surface area (Å²) in [7, 11) is 0. The number of carbonyl (C=O) groups excluding carboxylic acids is 1. The van der Waals surface area contributed by atoms with Gasteiger partial charge in [0.15, 0.2) is 0 Å². The first-order chi connectivity index (χ1) is 6.24. The number of carbonyl (C=O) groups is 1. The van der Waals surface area contributed by atoms with E-state index in [1.54, 1.807) is 0 Å². The fourth-order valence-electron chi connectivity index (χ4n) is 0.829. The van der Waals surface area contributed by atoms with E-state index in [2.05, 4.69) is 9.97 Å². The number of nitrogens with one attached hydrogen (secondary N) is 2. The number of H-pyrrole nitrogens is 2. The minimum absolute atomic E-state index is 0.168. The maximum Gasteiger partial charge on any atom is 0.356 e. The second-order valence-corrected chi connectivity index (χ2v) is 2.65. The highest BCUT2D eigenvalue weighted by Crippen LogP contribution is 1.95. The summed E-state index contributed by atoms with van der Waals surface area (Å²) in [6.45, 7) is 2.40. The van der Waals surface area contributed by atoms with Crippen molar-refractivity contribution in [3.8, 4) is 0 Å². The third-order valence-electron chi connectivity index (χ3n) is 1.55. The van der Waals surface area contributed by atoms with E-state index in [-0.39, 0.29) is 5.69 Å². The van der Waals surface area contributed by atoms with Crippen LogP contribution in [0.1, 0.15) is 30.3 Å².